The summed E-state index contributed by atoms with van der Waals surface area (Å²) in [7, 11) is 1.62. The van der Waals surface area contributed by atoms with Crippen molar-refractivity contribution in [2.24, 2.45) is 5.73 Å². The molecule has 0 spiro atoms. The van der Waals surface area contributed by atoms with Crippen molar-refractivity contribution in [1.29, 1.82) is 0 Å². The number of rotatable bonds is 4. The summed E-state index contributed by atoms with van der Waals surface area (Å²) in [5, 5.41) is 8.13. The standard InChI is InChI=1S/C14H17N3O2/c1-9-10(2)16-17-14(13(9)8-15)19-12-6-4-11(18-3)5-7-12/h4-7H,8,15H2,1-3H3. The average molecular weight is 259 g/mol. The lowest BCUT2D eigenvalue weighted by atomic mass is 10.1. The maximum atomic E-state index is 5.75. The van der Waals surface area contributed by atoms with E-state index in [2.05, 4.69) is 10.2 Å². The summed E-state index contributed by atoms with van der Waals surface area (Å²) >= 11 is 0. The van der Waals surface area contributed by atoms with Crippen LogP contribution in [0.4, 0.5) is 0 Å². The van der Waals surface area contributed by atoms with Crippen molar-refractivity contribution in [3.63, 3.8) is 0 Å². The number of benzene rings is 1. The van der Waals surface area contributed by atoms with Crippen LogP contribution in [-0.2, 0) is 6.54 Å². The zero-order chi connectivity index (χ0) is 13.8. The van der Waals surface area contributed by atoms with Crippen molar-refractivity contribution < 1.29 is 9.47 Å². The van der Waals surface area contributed by atoms with Gasteiger partial charge in [-0.1, -0.05) is 0 Å². The molecule has 0 aliphatic rings. The monoisotopic (exact) mass is 259 g/mol. The minimum atomic E-state index is 0.369. The quantitative estimate of drug-likeness (QED) is 0.912. The van der Waals surface area contributed by atoms with Crippen LogP contribution in [0.5, 0.6) is 17.4 Å². The van der Waals surface area contributed by atoms with Crippen LogP contribution in [-0.4, -0.2) is 17.3 Å². The van der Waals surface area contributed by atoms with Gasteiger partial charge in [0.25, 0.3) is 0 Å². The predicted molar refractivity (Wildman–Crippen MR) is 72.5 cm³/mol. The average Bonchev–Trinajstić information content (AvgIpc) is 2.44. The molecule has 1 aromatic carbocycles. The van der Waals surface area contributed by atoms with Gasteiger partial charge >= 0.3 is 0 Å². The van der Waals surface area contributed by atoms with Gasteiger partial charge in [-0.3, -0.25) is 0 Å². The van der Waals surface area contributed by atoms with E-state index in [1.54, 1.807) is 7.11 Å². The Morgan fingerprint density at radius 1 is 1.05 bits per heavy atom. The summed E-state index contributed by atoms with van der Waals surface area (Å²) in [5.41, 5.74) is 8.51. The normalized spacial score (nSPS) is 10.3. The lowest BCUT2D eigenvalue weighted by Gasteiger charge is -2.12. The molecule has 2 rings (SSSR count). The lowest BCUT2D eigenvalue weighted by Crippen LogP contribution is -2.07. The first-order valence-corrected chi connectivity index (χ1v) is 6.00. The predicted octanol–water partition coefficient (Wildman–Crippen LogP) is 2.35. The Kier molecular flexibility index (Phi) is 3.97. The number of hydrogen-bond donors (Lipinski definition) is 1. The van der Waals surface area contributed by atoms with Gasteiger partial charge < -0.3 is 15.2 Å². The maximum absolute atomic E-state index is 5.75. The minimum Gasteiger partial charge on any atom is -0.497 e. The molecule has 0 unspecified atom stereocenters. The van der Waals surface area contributed by atoms with Gasteiger partial charge in [0, 0.05) is 12.1 Å². The molecule has 1 aromatic heterocycles. The van der Waals surface area contributed by atoms with Crippen LogP contribution in [0.3, 0.4) is 0 Å². The molecule has 0 saturated heterocycles. The smallest absolute Gasteiger partial charge is 0.243 e. The Labute approximate surface area is 112 Å². The third-order valence-electron chi connectivity index (χ3n) is 3.02. The topological polar surface area (TPSA) is 70.3 Å². The second kappa shape index (κ2) is 5.67. The lowest BCUT2D eigenvalue weighted by molar-refractivity contribution is 0.411. The third-order valence-corrected chi connectivity index (χ3v) is 3.02. The maximum Gasteiger partial charge on any atom is 0.243 e. The van der Waals surface area contributed by atoms with Gasteiger partial charge in [0.05, 0.1) is 12.8 Å². The molecular weight excluding hydrogens is 242 g/mol. The summed E-state index contributed by atoms with van der Waals surface area (Å²) < 4.78 is 10.8. The van der Waals surface area contributed by atoms with E-state index in [9.17, 15) is 0 Å². The SMILES string of the molecule is COc1ccc(Oc2nnc(C)c(C)c2CN)cc1. The summed E-state index contributed by atoms with van der Waals surface area (Å²) in [4.78, 5) is 0. The summed E-state index contributed by atoms with van der Waals surface area (Å²) in [6.07, 6.45) is 0. The van der Waals surface area contributed by atoms with Gasteiger partial charge in [0.2, 0.25) is 5.88 Å². The number of methoxy groups -OCH3 is 1. The van der Waals surface area contributed by atoms with E-state index in [1.165, 1.54) is 0 Å². The Balaban J connectivity index is 2.29. The molecule has 0 aliphatic carbocycles. The first-order valence-electron chi connectivity index (χ1n) is 6.00. The van der Waals surface area contributed by atoms with E-state index in [0.29, 0.717) is 18.2 Å². The fourth-order valence-corrected chi connectivity index (χ4v) is 1.71. The number of aromatic nitrogens is 2. The van der Waals surface area contributed by atoms with Gasteiger partial charge in [0.1, 0.15) is 11.5 Å². The van der Waals surface area contributed by atoms with Crippen LogP contribution in [0.15, 0.2) is 24.3 Å². The van der Waals surface area contributed by atoms with Crippen molar-refractivity contribution in [3.05, 3.63) is 41.1 Å². The second-order valence-electron chi connectivity index (χ2n) is 4.18. The Hall–Kier alpha value is -2.14. The number of nitrogens with two attached hydrogens (primary N) is 1. The molecule has 5 nitrogen and oxygen atoms in total. The van der Waals surface area contributed by atoms with Crippen molar-refractivity contribution in [3.8, 4) is 17.4 Å². The van der Waals surface area contributed by atoms with Crippen LogP contribution in [0.2, 0.25) is 0 Å². The molecule has 0 fully saturated rings. The first kappa shape index (κ1) is 13.3. The van der Waals surface area contributed by atoms with Crippen molar-refractivity contribution in [1.82, 2.24) is 10.2 Å². The highest BCUT2D eigenvalue weighted by Gasteiger charge is 2.11. The molecule has 1 heterocycles. The molecule has 2 N–H and O–H groups in total. The molecule has 2 aromatic rings. The highest BCUT2D eigenvalue weighted by molar-refractivity contribution is 5.39. The summed E-state index contributed by atoms with van der Waals surface area (Å²) in [5.74, 6) is 1.90. The molecule has 0 atom stereocenters. The Morgan fingerprint density at radius 3 is 2.26 bits per heavy atom. The molecule has 19 heavy (non-hydrogen) atoms. The molecule has 5 heteroatoms. The molecule has 0 bridgehead atoms. The molecule has 0 radical (unpaired) electrons. The first-order chi connectivity index (χ1) is 9.15. The molecule has 100 valence electrons. The number of nitrogens with zero attached hydrogens (tertiary/aromatic N) is 2. The molecular formula is C14H17N3O2. The van der Waals surface area contributed by atoms with Crippen LogP contribution < -0.4 is 15.2 Å². The summed E-state index contributed by atoms with van der Waals surface area (Å²) in [6.45, 7) is 4.24. The van der Waals surface area contributed by atoms with E-state index < -0.39 is 0 Å². The minimum absolute atomic E-state index is 0.369. The Bertz CT molecular complexity index is 568. The van der Waals surface area contributed by atoms with Crippen LogP contribution in [0, 0.1) is 13.8 Å². The molecule has 0 amide bonds. The highest BCUT2D eigenvalue weighted by atomic mass is 16.5. The van der Waals surface area contributed by atoms with Gasteiger partial charge in [0.15, 0.2) is 0 Å². The number of ether oxygens (including phenoxy) is 2. The van der Waals surface area contributed by atoms with Crippen LogP contribution in [0.1, 0.15) is 16.8 Å². The summed E-state index contributed by atoms with van der Waals surface area (Å²) in [6, 6.07) is 7.28. The fourth-order valence-electron chi connectivity index (χ4n) is 1.71. The van der Waals surface area contributed by atoms with E-state index in [-0.39, 0.29) is 0 Å². The zero-order valence-corrected chi connectivity index (χ0v) is 11.3. The highest BCUT2D eigenvalue weighted by Crippen LogP contribution is 2.26. The van der Waals surface area contributed by atoms with Gasteiger partial charge in [-0.05, 0) is 43.7 Å². The van der Waals surface area contributed by atoms with Crippen molar-refractivity contribution in [2.75, 3.05) is 7.11 Å². The van der Waals surface area contributed by atoms with Gasteiger partial charge in [-0.25, -0.2) is 0 Å². The van der Waals surface area contributed by atoms with Gasteiger partial charge in [-0.15, -0.1) is 5.10 Å². The largest absolute Gasteiger partial charge is 0.497 e. The van der Waals surface area contributed by atoms with Gasteiger partial charge in [-0.2, -0.15) is 5.10 Å². The number of aryl methyl sites for hydroxylation is 1. The zero-order valence-electron chi connectivity index (χ0n) is 11.3. The van der Waals surface area contributed by atoms with Crippen molar-refractivity contribution in [2.45, 2.75) is 20.4 Å². The molecule has 0 saturated carbocycles. The van der Waals surface area contributed by atoms with Crippen LogP contribution >= 0.6 is 0 Å². The van der Waals surface area contributed by atoms with E-state index >= 15 is 0 Å². The van der Waals surface area contributed by atoms with E-state index in [1.807, 2.05) is 38.1 Å². The molecule has 0 aliphatic heterocycles. The van der Waals surface area contributed by atoms with Crippen LogP contribution in [0.25, 0.3) is 0 Å². The third kappa shape index (κ3) is 2.82. The van der Waals surface area contributed by atoms with Crippen molar-refractivity contribution >= 4 is 0 Å². The Morgan fingerprint density at radius 2 is 1.68 bits per heavy atom. The fraction of sp³-hybridized carbons (Fsp3) is 0.286. The number of hydrogen-bond acceptors (Lipinski definition) is 5. The van der Waals surface area contributed by atoms with E-state index in [0.717, 1.165) is 22.6 Å². The van der Waals surface area contributed by atoms with E-state index in [4.69, 9.17) is 15.2 Å². The second-order valence-corrected chi connectivity index (χ2v) is 4.18.